The van der Waals surface area contributed by atoms with Gasteiger partial charge in [0.05, 0.1) is 0 Å². The zero-order valence-corrected chi connectivity index (χ0v) is 13.2. The van der Waals surface area contributed by atoms with Gasteiger partial charge in [-0.25, -0.2) is 0 Å². The molecule has 1 nitrogen and oxygen atoms in total. The maximum absolute atomic E-state index is 12.4. The zero-order valence-electron chi connectivity index (χ0n) is 9.88. The van der Waals surface area contributed by atoms with Crippen LogP contribution in [0.2, 0.25) is 5.02 Å². The summed E-state index contributed by atoms with van der Waals surface area (Å²) in [6.45, 7) is 2.02. The molecule has 2 atom stereocenters. The SMILES string of the molecule is CC([Se]c1ccccc1)S(=O)c1ccccc1Cl. The van der Waals surface area contributed by atoms with Crippen molar-refractivity contribution in [2.24, 2.45) is 0 Å². The van der Waals surface area contributed by atoms with Gasteiger partial charge in [0.15, 0.2) is 0 Å². The summed E-state index contributed by atoms with van der Waals surface area (Å²) in [5.74, 6) is 0. The van der Waals surface area contributed by atoms with Crippen LogP contribution in [0.5, 0.6) is 0 Å². The predicted molar refractivity (Wildman–Crippen MR) is 79.2 cm³/mol. The van der Waals surface area contributed by atoms with Crippen molar-refractivity contribution in [1.82, 2.24) is 0 Å². The van der Waals surface area contributed by atoms with Gasteiger partial charge < -0.3 is 0 Å². The molecule has 4 heteroatoms. The molecule has 0 bridgehead atoms. The summed E-state index contributed by atoms with van der Waals surface area (Å²) in [6, 6.07) is 17.6. The second kappa shape index (κ2) is 6.53. The Morgan fingerprint density at radius 1 is 1.06 bits per heavy atom. The molecule has 0 saturated heterocycles. The Kier molecular flexibility index (Phi) is 5.02. The van der Waals surface area contributed by atoms with Crippen LogP contribution < -0.4 is 4.46 Å². The predicted octanol–water partition coefficient (Wildman–Crippen LogP) is 2.82. The molecule has 0 aromatic heterocycles. The molecule has 0 N–H and O–H groups in total. The van der Waals surface area contributed by atoms with Gasteiger partial charge in [0.2, 0.25) is 0 Å². The zero-order chi connectivity index (χ0) is 13.0. The van der Waals surface area contributed by atoms with Gasteiger partial charge in [0.25, 0.3) is 0 Å². The van der Waals surface area contributed by atoms with Gasteiger partial charge in [-0.05, 0) is 0 Å². The average molecular weight is 344 g/mol. The normalized spacial score (nSPS) is 14.1. The van der Waals surface area contributed by atoms with Crippen molar-refractivity contribution in [2.75, 3.05) is 0 Å². The number of hydrogen-bond acceptors (Lipinski definition) is 1. The summed E-state index contributed by atoms with van der Waals surface area (Å²) < 4.78 is 13.8. The molecule has 18 heavy (non-hydrogen) atoms. The van der Waals surface area contributed by atoms with Crippen LogP contribution in [0.25, 0.3) is 0 Å². The number of benzene rings is 2. The molecule has 0 fully saturated rings. The van der Waals surface area contributed by atoms with Gasteiger partial charge >= 0.3 is 122 Å². The molecule has 0 aliphatic rings. The van der Waals surface area contributed by atoms with Gasteiger partial charge in [0.1, 0.15) is 0 Å². The molecule has 2 aromatic rings. The Balaban J connectivity index is 2.13. The van der Waals surface area contributed by atoms with Crippen molar-refractivity contribution in [3.8, 4) is 0 Å². The third kappa shape index (κ3) is 3.46. The van der Waals surface area contributed by atoms with E-state index in [9.17, 15) is 4.21 Å². The van der Waals surface area contributed by atoms with Crippen LogP contribution >= 0.6 is 11.6 Å². The second-order valence-corrected chi connectivity index (χ2v) is 9.52. The minimum atomic E-state index is -1.04. The van der Waals surface area contributed by atoms with E-state index in [-0.39, 0.29) is 19.1 Å². The van der Waals surface area contributed by atoms with Crippen LogP contribution in [0, 0.1) is 0 Å². The molecule has 0 aliphatic carbocycles. The quantitative estimate of drug-likeness (QED) is 0.780. The fraction of sp³-hybridized carbons (Fsp3) is 0.143. The number of rotatable bonds is 4. The first-order valence-electron chi connectivity index (χ1n) is 5.55. The van der Waals surface area contributed by atoms with Crippen LogP contribution in [-0.2, 0) is 10.8 Å². The molecule has 2 rings (SSSR count). The minimum absolute atomic E-state index is 0.111. The van der Waals surface area contributed by atoms with Crippen LogP contribution in [-0.4, -0.2) is 23.3 Å². The first-order chi connectivity index (χ1) is 8.68. The molecule has 94 valence electrons. The fourth-order valence-corrected chi connectivity index (χ4v) is 6.05. The topological polar surface area (TPSA) is 17.1 Å². The first kappa shape index (κ1) is 13.8. The van der Waals surface area contributed by atoms with Crippen molar-refractivity contribution < 1.29 is 4.21 Å². The molecule has 2 aromatic carbocycles. The summed E-state index contributed by atoms with van der Waals surface area (Å²) in [5.41, 5.74) is 0. The molecule has 0 spiro atoms. The first-order valence-corrected chi connectivity index (χ1v) is 8.99. The molecule has 2 unspecified atom stereocenters. The summed E-state index contributed by atoms with van der Waals surface area (Å²) in [6.07, 6.45) is 0. The average Bonchev–Trinajstić information content (AvgIpc) is 2.39. The van der Waals surface area contributed by atoms with Crippen LogP contribution in [0.3, 0.4) is 0 Å². The summed E-state index contributed by atoms with van der Waals surface area (Å²) in [4.78, 5) is 0.740. The van der Waals surface area contributed by atoms with Gasteiger partial charge in [-0.1, -0.05) is 0 Å². The van der Waals surface area contributed by atoms with E-state index in [1.54, 1.807) is 6.07 Å². The van der Waals surface area contributed by atoms with E-state index >= 15 is 0 Å². The Morgan fingerprint density at radius 2 is 1.67 bits per heavy atom. The molecular formula is C14H13ClOSSe. The van der Waals surface area contributed by atoms with Crippen molar-refractivity contribution >= 4 is 41.8 Å². The van der Waals surface area contributed by atoms with Gasteiger partial charge in [-0.15, -0.1) is 0 Å². The Labute approximate surface area is 121 Å². The fourth-order valence-electron chi connectivity index (χ4n) is 1.52. The molecule has 0 radical (unpaired) electrons. The third-order valence-corrected chi connectivity index (χ3v) is 7.67. The molecule has 0 heterocycles. The second-order valence-electron chi connectivity index (χ2n) is 3.73. The standard InChI is InChI=1S/C14H13ClOSSe/c1-11(18-12-7-3-2-4-8-12)17(16)14-10-6-5-9-13(14)15/h2-11H,1H3. The van der Waals surface area contributed by atoms with Crippen LogP contribution in [0.1, 0.15) is 6.92 Å². The van der Waals surface area contributed by atoms with Crippen molar-refractivity contribution in [2.45, 2.75) is 16.0 Å². The molecular weight excluding hydrogens is 331 g/mol. The Morgan fingerprint density at radius 3 is 2.33 bits per heavy atom. The Bertz CT molecular complexity index is 545. The van der Waals surface area contributed by atoms with Crippen molar-refractivity contribution in [3.05, 3.63) is 59.6 Å². The van der Waals surface area contributed by atoms with E-state index in [0.717, 1.165) is 4.90 Å². The van der Waals surface area contributed by atoms with Gasteiger partial charge in [-0.3, -0.25) is 0 Å². The van der Waals surface area contributed by atoms with Crippen molar-refractivity contribution in [3.63, 3.8) is 0 Å². The van der Waals surface area contributed by atoms with E-state index in [1.807, 2.05) is 43.3 Å². The Hall–Kier alpha value is -0.601. The van der Waals surface area contributed by atoms with Gasteiger partial charge in [0, 0.05) is 0 Å². The third-order valence-electron chi connectivity index (χ3n) is 2.40. The van der Waals surface area contributed by atoms with E-state index in [4.69, 9.17) is 11.6 Å². The van der Waals surface area contributed by atoms with Crippen LogP contribution in [0.4, 0.5) is 0 Å². The number of hydrogen-bond donors (Lipinski definition) is 0. The molecule has 0 saturated carbocycles. The summed E-state index contributed by atoms with van der Waals surface area (Å²) in [7, 11) is -1.04. The van der Waals surface area contributed by atoms with E-state index in [1.165, 1.54) is 4.46 Å². The molecule has 0 aliphatic heterocycles. The van der Waals surface area contributed by atoms with Crippen LogP contribution in [0.15, 0.2) is 59.5 Å². The molecule has 0 amide bonds. The van der Waals surface area contributed by atoms with E-state index in [2.05, 4.69) is 12.1 Å². The van der Waals surface area contributed by atoms with Crippen molar-refractivity contribution in [1.29, 1.82) is 0 Å². The number of halogens is 1. The summed E-state index contributed by atoms with van der Waals surface area (Å²) >= 11 is 6.27. The monoisotopic (exact) mass is 344 g/mol. The maximum atomic E-state index is 12.4. The summed E-state index contributed by atoms with van der Waals surface area (Å²) in [5, 5.41) is 0.589. The van der Waals surface area contributed by atoms with E-state index in [0.29, 0.717) is 5.02 Å². The van der Waals surface area contributed by atoms with Gasteiger partial charge in [-0.2, -0.15) is 0 Å². The van der Waals surface area contributed by atoms with E-state index < -0.39 is 10.8 Å².